The summed E-state index contributed by atoms with van der Waals surface area (Å²) < 4.78 is 0. The molecule has 1 unspecified atom stereocenters. The molecule has 0 radical (unpaired) electrons. The summed E-state index contributed by atoms with van der Waals surface area (Å²) in [5.41, 5.74) is 0.444. The van der Waals surface area contributed by atoms with Gasteiger partial charge in [0.15, 0.2) is 0 Å². The molecule has 7 heteroatoms. The topological polar surface area (TPSA) is 86.3 Å². The van der Waals surface area contributed by atoms with E-state index in [-0.39, 0.29) is 11.5 Å². The lowest BCUT2D eigenvalue weighted by atomic mass is 10.2. The zero-order chi connectivity index (χ0) is 13.6. The number of likely N-dealkylation sites (tertiary alicyclic amines) is 1. The quantitative estimate of drug-likeness (QED) is 0.796. The van der Waals surface area contributed by atoms with Crippen LogP contribution in [0.25, 0.3) is 10.2 Å². The van der Waals surface area contributed by atoms with Gasteiger partial charge in [0.1, 0.15) is 4.83 Å². The SMILES string of the molecule is Cc1c(C(=O)N2CCC(O)C2)sc2nc[nH]c(=O)c12. The number of aliphatic hydroxyl groups excluding tert-OH is 1. The van der Waals surface area contributed by atoms with E-state index in [1.807, 2.05) is 0 Å². The summed E-state index contributed by atoms with van der Waals surface area (Å²) in [6, 6.07) is 0. The smallest absolute Gasteiger partial charge is 0.264 e. The van der Waals surface area contributed by atoms with Crippen LogP contribution in [-0.4, -0.2) is 45.1 Å². The largest absolute Gasteiger partial charge is 0.391 e. The Labute approximate surface area is 112 Å². The number of nitrogens with one attached hydrogen (secondary N) is 1. The van der Waals surface area contributed by atoms with E-state index < -0.39 is 6.10 Å². The summed E-state index contributed by atoms with van der Waals surface area (Å²) in [6.07, 6.45) is 1.50. The van der Waals surface area contributed by atoms with Crippen molar-refractivity contribution in [3.05, 3.63) is 27.1 Å². The number of β-amino-alcohol motifs (C(OH)–C–C–N with tert-alkyl or cyclic N) is 1. The van der Waals surface area contributed by atoms with E-state index in [4.69, 9.17) is 0 Å². The number of hydrogen-bond acceptors (Lipinski definition) is 5. The van der Waals surface area contributed by atoms with Crippen molar-refractivity contribution < 1.29 is 9.90 Å². The molecule has 1 aliphatic rings. The molecule has 2 aromatic heterocycles. The number of carbonyl (C=O) groups is 1. The molecule has 1 saturated heterocycles. The van der Waals surface area contributed by atoms with Gasteiger partial charge in [-0.05, 0) is 18.9 Å². The molecule has 3 heterocycles. The zero-order valence-electron chi connectivity index (χ0n) is 10.3. The second-order valence-electron chi connectivity index (χ2n) is 4.66. The Hall–Kier alpha value is -1.73. The third kappa shape index (κ3) is 1.95. The fourth-order valence-electron chi connectivity index (χ4n) is 2.35. The van der Waals surface area contributed by atoms with E-state index in [9.17, 15) is 14.7 Å². The average Bonchev–Trinajstić information content (AvgIpc) is 2.94. The first-order valence-electron chi connectivity index (χ1n) is 6.02. The number of amides is 1. The van der Waals surface area contributed by atoms with Crippen LogP contribution >= 0.6 is 11.3 Å². The molecule has 6 nitrogen and oxygen atoms in total. The molecule has 1 fully saturated rings. The standard InChI is InChI=1S/C12H13N3O3S/c1-6-8-10(17)13-5-14-11(8)19-9(6)12(18)15-3-2-7(16)4-15/h5,7,16H,2-4H2,1H3,(H,13,14,17). The molecule has 2 aromatic rings. The first kappa shape index (κ1) is 12.3. The number of fused-ring (bicyclic) bond motifs is 1. The summed E-state index contributed by atoms with van der Waals surface area (Å²) in [4.78, 5) is 33.5. The van der Waals surface area contributed by atoms with Gasteiger partial charge in [-0.3, -0.25) is 9.59 Å². The highest BCUT2D eigenvalue weighted by Crippen LogP contribution is 2.28. The van der Waals surface area contributed by atoms with Gasteiger partial charge in [-0.1, -0.05) is 0 Å². The van der Waals surface area contributed by atoms with Gasteiger partial charge in [0, 0.05) is 13.1 Å². The monoisotopic (exact) mass is 279 g/mol. The molecular formula is C12H13N3O3S. The normalized spacial score (nSPS) is 19.3. The van der Waals surface area contributed by atoms with Gasteiger partial charge < -0.3 is 15.0 Å². The predicted octanol–water partition coefficient (Wildman–Crippen LogP) is 0.500. The Morgan fingerprint density at radius 3 is 3.05 bits per heavy atom. The molecule has 0 aliphatic carbocycles. The zero-order valence-corrected chi connectivity index (χ0v) is 11.2. The Morgan fingerprint density at radius 1 is 1.63 bits per heavy atom. The molecule has 19 heavy (non-hydrogen) atoms. The van der Waals surface area contributed by atoms with Crippen LogP contribution in [0.2, 0.25) is 0 Å². The number of rotatable bonds is 1. The number of aromatic nitrogens is 2. The third-order valence-electron chi connectivity index (χ3n) is 3.38. The molecule has 0 spiro atoms. The molecule has 0 aromatic carbocycles. The van der Waals surface area contributed by atoms with Crippen LogP contribution < -0.4 is 5.56 Å². The Morgan fingerprint density at radius 2 is 2.42 bits per heavy atom. The van der Waals surface area contributed by atoms with Gasteiger partial charge in [0.25, 0.3) is 11.5 Å². The summed E-state index contributed by atoms with van der Waals surface area (Å²) in [6.45, 7) is 2.67. The molecule has 0 saturated carbocycles. The van der Waals surface area contributed by atoms with Crippen LogP contribution in [-0.2, 0) is 0 Å². The summed E-state index contributed by atoms with van der Waals surface area (Å²) in [5.74, 6) is -0.128. The molecule has 1 amide bonds. The van der Waals surface area contributed by atoms with E-state index in [1.165, 1.54) is 17.7 Å². The fourth-order valence-corrected chi connectivity index (χ4v) is 3.47. The van der Waals surface area contributed by atoms with Crippen LogP contribution in [0.4, 0.5) is 0 Å². The highest BCUT2D eigenvalue weighted by atomic mass is 32.1. The van der Waals surface area contributed by atoms with Gasteiger partial charge in [0.05, 0.1) is 22.7 Å². The lowest BCUT2D eigenvalue weighted by Crippen LogP contribution is -2.29. The first-order chi connectivity index (χ1) is 9.08. The summed E-state index contributed by atoms with van der Waals surface area (Å²) >= 11 is 1.23. The van der Waals surface area contributed by atoms with E-state index in [2.05, 4.69) is 9.97 Å². The van der Waals surface area contributed by atoms with Crippen LogP contribution in [0.1, 0.15) is 21.7 Å². The minimum Gasteiger partial charge on any atom is -0.391 e. The lowest BCUT2D eigenvalue weighted by Gasteiger charge is -2.14. The second kappa shape index (κ2) is 4.43. The van der Waals surface area contributed by atoms with Crippen molar-refractivity contribution >= 4 is 27.5 Å². The van der Waals surface area contributed by atoms with Crippen LogP contribution in [0, 0.1) is 6.92 Å². The molecule has 0 bridgehead atoms. The Bertz CT molecular complexity index is 706. The van der Waals surface area contributed by atoms with Gasteiger partial charge in [0.2, 0.25) is 0 Å². The second-order valence-corrected chi connectivity index (χ2v) is 5.66. The van der Waals surface area contributed by atoms with Crippen molar-refractivity contribution in [2.24, 2.45) is 0 Å². The van der Waals surface area contributed by atoms with Gasteiger partial charge in [-0.15, -0.1) is 11.3 Å². The van der Waals surface area contributed by atoms with Crippen LogP contribution in [0.3, 0.4) is 0 Å². The fraction of sp³-hybridized carbons (Fsp3) is 0.417. The number of aliphatic hydroxyl groups is 1. The number of carbonyl (C=O) groups excluding carboxylic acids is 1. The lowest BCUT2D eigenvalue weighted by molar-refractivity contribution is 0.0769. The van der Waals surface area contributed by atoms with Crippen LogP contribution in [0.5, 0.6) is 0 Å². The molecule has 1 aliphatic heterocycles. The predicted molar refractivity (Wildman–Crippen MR) is 71.5 cm³/mol. The van der Waals surface area contributed by atoms with Crippen LogP contribution in [0.15, 0.2) is 11.1 Å². The van der Waals surface area contributed by atoms with E-state index >= 15 is 0 Å². The Kier molecular flexibility index (Phi) is 2.87. The minimum absolute atomic E-state index is 0.128. The number of hydrogen-bond donors (Lipinski definition) is 2. The highest BCUT2D eigenvalue weighted by molar-refractivity contribution is 7.20. The minimum atomic E-state index is -0.444. The van der Waals surface area contributed by atoms with E-state index in [1.54, 1.807) is 11.8 Å². The maximum absolute atomic E-state index is 12.4. The van der Waals surface area contributed by atoms with Crippen molar-refractivity contribution in [3.63, 3.8) is 0 Å². The van der Waals surface area contributed by atoms with Gasteiger partial charge in [-0.25, -0.2) is 4.98 Å². The highest BCUT2D eigenvalue weighted by Gasteiger charge is 2.28. The van der Waals surface area contributed by atoms with Gasteiger partial charge in [-0.2, -0.15) is 0 Å². The number of aromatic amines is 1. The summed E-state index contributed by atoms with van der Waals surface area (Å²) in [7, 11) is 0. The maximum atomic E-state index is 12.4. The van der Waals surface area contributed by atoms with Crippen molar-refractivity contribution in [1.82, 2.24) is 14.9 Å². The van der Waals surface area contributed by atoms with Gasteiger partial charge >= 0.3 is 0 Å². The molecule has 1 atom stereocenters. The number of aryl methyl sites for hydroxylation is 1. The van der Waals surface area contributed by atoms with E-state index in [0.717, 1.165) is 0 Å². The number of H-pyrrole nitrogens is 1. The van der Waals surface area contributed by atoms with Crippen molar-refractivity contribution in [2.75, 3.05) is 13.1 Å². The third-order valence-corrected chi connectivity index (χ3v) is 4.57. The number of nitrogens with zero attached hydrogens (tertiary/aromatic N) is 2. The molecule has 3 rings (SSSR count). The Balaban J connectivity index is 2.06. The molecular weight excluding hydrogens is 266 g/mol. The molecule has 2 N–H and O–H groups in total. The summed E-state index contributed by atoms with van der Waals surface area (Å²) in [5, 5.41) is 9.97. The van der Waals surface area contributed by atoms with E-state index in [0.29, 0.717) is 40.2 Å². The van der Waals surface area contributed by atoms with Crippen molar-refractivity contribution in [2.45, 2.75) is 19.4 Å². The number of thiophene rings is 1. The van der Waals surface area contributed by atoms with Crippen molar-refractivity contribution in [1.29, 1.82) is 0 Å². The van der Waals surface area contributed by atoms with Crippen molar-refractivity contribution in [3.8, 4) is 0 Å². The first-order valence-corrected chi connectivity index (χ1v) is 6.83. The average molecular weight is 279 g/mol. The maximum Gasteiger partial charge on any atom is 0.264 e. The molecule has 100 valence electrons.